The second kappa shape index (κ2) is 6.69. The zero-order valence-corrected chi connectivity index (χ0v) is 12.1. The fraction of sp³-hybridized carbons (Fsp3) is 0.385. The number of aromatic amines is 1. The fourth-order valence-corrected chi connectivity index (χ4v) is 1.89. The van der Waals surface area contributed by atoms with Crippen LogP contribution in [0.5, 0.6) is 0 Å². The summed E-state index contributed by atoms with van der Waals surface area (Å²) >= 11 is 0. The lowest BCUT2D eigenvalue weighted by Gasteiger charge is -2.18. The Morgan fingerprint density at radius 3 is 3.00 bits per heavy atom. The van der Waals surface area contributed by atoms with E-state index >= 15 is 0 Å². The number of nitrogens with two attached hydrogens (primary N) is 1. The molecule has 0 atom stereocenters. The topological polar surface area (TPSA) is 113 Å². The van der Waals surface area contributed by atoms with E-state index in [2.05, 4.69) is 25.5 Å². The number of H-pyrrole nitrogens is 1. The van der Waals surface area contributed by atoms with E-state index in [-0.39, 0.29) is 12.0 Å². The maximum atomic E-state index is 12.0. The van der Waals surface area contributed by atoms with Gasteiger partial charge < -0.3 is 16.0 Å². The maximum Gasteiger partial charge on any atom is 0.317 e. The molecule has 2 aromatic rings. The minimum absolute atomic E-state index is 0.142. The minimum atomic E-state index is -0.142. The summed E-state index contributed by atoms with van der Waals surface area (Å²) in [6.07, 6.45) is 2.29. The summed E-state index contributed by atoms with van der Waals surface area (Å²) in [6.45, 7) is 2.92. The van der Waals surface area contributed by atoms with E-state index in [1.807, 2.05) is 19.1 Å². The number of urea groups is 1. The largest absolute Gasteiger partial charge is 0.367 e. The third kappa shape index (κ3) is 4.44. The van der Waals surface area contributed by atoms with Crippen LogP contribution in [0.25, 0.3) is 0 Å². The van der Waals surface area contributed by atoms with Crippen molar-refractivity contribution in [2.75, 3.05) is 19.3 Å². The van der Waals surface area contributed by atoms with Crippen molar-refractivity contribution in [2.45, 2.75) is 19.9 Å². The molecule has 0 saturated carbocycles. The van der Waals surface area contributed by atoms with E-state index in [0.717, 1.165) is 11.3 Å². The first-order valence-corrected chi connectivity index (χ1v) is 6.62. The number of hydrogen-bond donors (Lipinski definition) is 3. The third-order valence-electron chi connectivity index (χ3n) is 2.91. The van der Waals surface area contributed by atoms with Gasteiger partial charge in [-0.15, -0.1) is 5.10 Å². The van der Waals surface area contributed by atoms with Crippen LogP contribution in [0, 0.1) is 6.92 Å². The number of amides is 2. The van der Waals surface area contributed by atoms with Gasteiger partial charge in [-0.3, -0.25) is 10.1 Å². The molecule has 8 heteroatoms. The number of rotatable bonds is 5. The number of anilines is 1. The normalized spacial score (nSPS) is 10.4. The Hall–Kier alpha value is -2.64. The highest BCUT2D eigenvalue weighted by atomic mass is 16.2. The van der Waals surface area contributed by atoms with Gasteiger partial charge in [0, 0.05) is 38.4 Å². The van der Waals surface area contributed by atoms with Gasteiger partial charge in [-0.25, -0.2) is 4.79 Å². The lowest BCUT2D eigenvalue weighted by Crippen LogP contribution is -2.37. The fourth-order valence-electron chi connectivity index (χ4n) is 1.89. The molecule has 0 saturated heterocycles. The van der Waals surface area contributed by atoms with Crippen molar-refractivity contribution in [3.63, 3.8) is 0 Å². The lowest BCUT2D eigenvalue weighted by atomic mass is 10.2. The molecule has 0 spiro atoms. The zero-order valence-electron chi connectivity index (χ0n) is 12.1. The molecular formula is C13H19N7O. The number of pyridine rings is 1. The van der Waals surface area contributed by atoms with Crippen molar-refractivity contribution >= 4 is 12.0 Å². The number of carbonyl (C=O) groups excluding carboxylic acids is 1. The number of nitrogens with one attached hydrogen (secondary N) is 2. The molecule has 21 heavy (non-hydrogen) atoms. The molecule has 0 bridgehead atoms. The highest BCUT2D eigenvalue weighted by Crippen LogP contribution is 2.04. The predicted octanol–water partition coefficient (Wildman–Crippen LogP) is 0.474. The molecule has 0 aliphatic heterocycles. The summed E-state index contributed by atoms with van der Waals surface area (Å²) in [5.41, 5.74) is 7.38. The summed E-state index contributed by atoms with van der Waals surface area (Å²) in [6, 6.07) is 3.71. The average Bonchev–Trinajstić information content (AvgIpc) is 2.84. The van der Waals surface area contributed by atoms with Gasteiger partial charge in [0.2, 0.25) is 5.95 Å². The predicted molar refractivity (Wildman–Crippen MR) is 78.3 cm³/mol. The van der Waals surface area contributed by atoms with E-state index in [9.17, 15) is 4.79 Å². The molecule has 0 aliphatic carbocycles. The maximum absolute atomic E-state index is 12.0. The molecule has 0 fully saturated rings. The van der Waals surface area contributed by atoms with Crippen molar-refractivity contribution in [2.24, 2.45) is 0 Å². The van der Waals surface area contributed by atoms with Gasteiger partial charge in [0.1, 0.15) is 5.82 Å². The molecule has 0 unspecified atom stereocenters. The Kier molecular flexibility index (Phi) is 4.70. The van der Waals surface area contributed by atoms with Crippen molar-refractivity contribution in [1.82, 2.24) is 30.4 Å². The van der Waals surface area contributed by atoms with E-state index in [1.54, 1.807) is 18.1 Å². The molecule has 8 nitrogen and oxygen atoms in total. The van der Waals surface area contributed by atoms with E-state index in [4.69, 9.17) is 5.73 Å². The van der Waals surface area contributed by atoms with Crippen LogP contribution >= 0.6 is 0 Å². The van der Waals surface area contributed by atoms with Gasteiger partial charge in [-0.05, 0) is 24.6 Å². The van der Waals surface area contributed by atoms with Gasteiger partial charge >= 0.3 is 6.03 Å². The average molecular weight is 289 g/mol. The second-order valence-corrected chi connectivity index (χ2v) is 4.78. The summed E-state index contributed by atoms with van der Waals surface area (Å²) in [4.78, 5) is 21.7. The standard InChI is InChI=1S/C13H19N7O/c1-9-7-10(3-5-15-9)8-20(2)13(21)16-6-4-11-17-12(14)19-18-11/h3,5,7H,4,6,8H2,1-2H3,(H,16,21)(H3,14,17,18,19). The van der Waals surface area contributed by atoms with Gasteiger partial charge in [0.05, 0.1) is 0 Å². The number of carbonyl (C=O) groups is 1. The number of nitrogen functional groups attached to an aromatic ring is 1. The smallest absolute Gasteiger partial charge is 0.317 e. The molecule has 4 N–H and O–H groups in total. The first kappa shape index (κ1) is 14.8. The van der Waals surface area contributed by atoms with E-state index in [1.165, 1.54) is 0 Å². The van der Waals surface area contributed by atoms with Gasteiger partial charge in [-0.1, -0.05) is 0 Å². The summed E-state index contributed by atoms with van der Waals surface area (Å²) in [5, 5.41) is 9.24. The van der Waals surface area contributed by atoms with Crippen molar-refractivity contribution in [3.05, 3.63) is 35.4 Å². The van der Waals surface area contributed by atoms with E-state index < -0.39 is 0 Å². The van der Waals surface area contributed by atoms with E-state index in [0.29, 0.717) is 25.3 Å². The Morgan fingerprint density at radius 1 is 1.52 bits per heavy atom. The van der Waals surface area contributed by atoms with Gasteiger partial charge in [-0.2, -0.15) is 4.98 Å². The number of aromatic nitrogens is 4. The van der Waals surface area contributed by atoms with Crippen molar-refractivity contribution in [1.29, 1.82) is 0 Å². The second-order valence-electron chi connectivity index (χ2n) is 4.78. The van der Waals surface area contributed by atoms with Crippen LogP contribution in [0.1, 0.15) is 17.1 Å². The van der Waals surface area contributed by atoms with Crippen LogP contribution in [-0.4, -0.2) is 44.7 Å². The molecule has 2 aromatic heterocycles. The zero-order chi connectivity index (χ0) is 15.2. The van der Waals surface area contributed by atoms with Crippen LogP contribution in [0.15, 0.2) is 18.3 Å². The summed E-state index contributed by atoms with van der Waals surface area (Å²) < 4.78 is 0. The van der Waals surface area contributed by atoms with Crippen LogP contribution in [0.2, 0.25) is 0 Å². The quantitative estimate of drug-likeness (QED) is 0.740. The Labute approximate surface area is 122 Å². The van der Waals surface area contributed by atoms with Crippen LogP contribution < -0.4 is 11.1 Å². The minimum Gasteiger partial charge on any atom is -0.367 e. The Balaban J connectivity index is 1.77. The SMILES string of the molecule is Cc1cc(CN(C)C(=O)NCCc2nc(N)n[nH]2)ccn1. The van der Waals surface area contributed by atoms with Crippen LogP contribution in [0.4, 0.5) is 10.7 Å². The third-order valence-corrected chi connectivity index (χ3v) is 2.91. The van der Waals surface area contributed by atoms with Crippen LogP contribution in [-0.2, 0) is 13.0 Å². The van der Waals surface area contributed by atoms with Crippen LogP contribution in [0.3, 0.4) is 0 Å². The number of aryl methyl sites for hydroxylation is 1. The highest BCUT2D eigenvalue weighted by Gasteiger charge is 2.09. The number of hydrogen-bond acceptors (Lipinski definition) is 5. The molecular weight excluding hydrogens is 270 g/mol. The van der Waals surface area contributed by atoms with Gasteiger partial charge in [0.15, 0.2) is 0 Å². The molecule has 0 aliphatic rings. The monoisotopic (exact) mass is 289 g/mol. The molecule has 2 rings (SSSR count). The van der Waals surface area contributed by atoms with Crippen molar-refractivity contribution < 1.29 is 4.79 Å². The molecule has 0 aromatic carbocycles. The first-order valence-electron chi connectivity index (χ1n) is 6.62. The molecule has 2 amide bonds. The summed E-state index contributed by atoms with van der Waals surface area (Å²) in [7, 11) is 1.75. The molecule has 112 valence electrons. The molecule has 0 radical (unpaired) electrons. The highest BCUT2D eigenvalue weighted by molar-refractivity contribution is 5.73. The Morgan fingerprint density at radius 2 is 2.33 bits per heavy atom. The summed E-state index contributed by atoms with van der Waals surface area (Å²) in [5.74, 6) is 0.863. The number of nitrogens with zero attached hydrogens (tertiary/aromatic N) is 4. The lowest BCUT2D eigenvalue weighted by molar-refractivity contribution is 0.207. The van der Waals surface area contributed by atoms with Crippen molar-refractivity contribution in [3.8, 4) is 0 Å². The van der Waals surface area contributed by atoms with Gasteiger partial charge in [0.25, 0.3) is 0 Å². The first-order chi connectivity index (χ1) is 10.0. The molecule has 2 heterocycles. The Bertz CT molecular complexity index is 610.